The average Bonchev–Trinajstić information content (AvgIpc) is 2.78. The minimum atomic E-state index is 0.0389. The molecule has 4 nitrogen and oxygen atoms in total. The van der Waals surface area contributed by atoms with Gasteiger partial charge in [0.15, 0.2) is 0 Å². The Kier molecular flexibility index (Phi) is 3.46. The highest BCUT2D eigenvalue weighted by Crippen LogP contribution is 2.35. The van der Waals surface area contributed by atoms with E-state index in [1.165, 1.54) is 5.56 Å². The van der Waals surface area contributed by atoms with E-state index in [0.29, 0.717) is 11.4 Å². The summed E-state index contributed by atoms with van der Waals surface area (Å²) in [6, 6.07) is 9.89. The number of methoxy groups -OCH3 is 1. The lowest BCUT2D eigenvalue weighted by Gasteiger charge is -2.20. The number of nitrogen functional groups attached to an aromatic ring is 1. The fraction of sp³-hybridized carbons (Fsp3) is 0.312. The highest BCUT2D eigenvalue weighted by atomic mass is 16.5. The van der Waals surface area contributed by atoms with E-state index in [0.717, 1.165) is 17.0 Å². The number of H-pyrrole nitrogens is 1. The second-order valence-corrected chi connectivity index (χ2v) is 5.79. The first-order valence-corrected chi connectivity index (χ1v) is 6.44. The molecule has 2 rings (SSSR count). The first kappa shape index (κ1) is 14.0. The highest BCUT2D eigenvalue weighted by molar-refractivity contribution is 5.73. The summed E-state index contributed by atoms with van der Waals surface area (Å²) in [7, 11) is 1.63. The lowest BCUT2D eigenvalue weighted by Crippen LogP contribution is -2.11. The normalized spacial score (nSPS) is 11.2. The largest absolute Gasteiger partial charge is 0.496 e. The molecule has 0 amide bonds. The SMILES string of the molecule is COc1ccc(C(C)(C)C)cc1-c1cc(C#N)c(N)[nH]1. The van der Waals surface area contributed by atoms with E-state index >= 15 is 0 Å². The number of nitriles is 1. The fourth-order valence-corrected chi connectivity index (χ4v) is 2.09. The van der Waals surface area contributed by atoms with E-state index in [4.69, 9.17) is 15.7 Å². The molecule has 0 bridgehead atoms. The van der Waals surface area contributed by atoms with Crippen LogP contribution in [0.5, 0.6) is 5.75 Å². The van der Waals surface area contributed by atoms with Crippen LogP contribution in [0.15, 0.2) is 24.3 Å². The molecule has 2 aromatic rings. The van der Waals surface area contributed by atoms with Crippen LogP contribution >= 0.6 is 0 Å². The van der Waals surface area contributed by atoms with Crippen LogP contribution < -0.4 is 10.5 Å². The van der Waals surface area contributed by atoms with Gasteiger partial charge in [-0.15, -0.1) is 0 Å². The molecule has 104 valence electrons. The van der Waals surface area contributed by atoms with Gasteiger partial charge in [0.2, 0.25) is 0 Å². The Bertz CT molecular complexity index is 672. The highest BCUT2D eigenvalue weighted by Gasteiger charge is 2.18. The van der Waals surface area contributed by atoms with Crippen molar-refractivity contribution in [2.24, 2.45) is 0 Å². The van der Waals surface area contributed by atoms with E-state index in [1.807, 2.05) is 6.07 Å². The van der Waals surface area contributed by atoms with Crippen LogP contribution in [0.2, 0.25) is 0 Å². The van der Waals surface area contributed by atoms with Gasteiger partial charge in [-0.3, -0.25) is 0 Å². The van der Waals surface area contributed by atoms with E-state index in [2.05, 4.69) is 44.0 Å². The van der Waals surface area contributed by atoms with Crippen LogP contribution in [-0.4, -0.2) is 12.1 Å². The Balaban J connectivity index is 2.61. The molecule has 1 heterocycles. The molecular weight excluding hydrogens is 250 g/mol. The van der Waals surface area contributed by atoms with Gasteiger partial charge in [-0.05, 0) is 29.2 Å². The molecule has 0 unspecified atom stereocenters. The van der Waals surface area contributed by atoms with Gasteiger partial charge in [0.1, 0.15) is 17.6 Å². The second-order valence-electron chi connectivity index (χ2n) is 5.79. The number of nitrogens with one attached hydrogen (secondary N) is 1. The molecular formula is C16H19N3O. The Morgan fingerprint density at radius 2 is 1.95 bits per heavy atom. The van der Waals surface area contributed by atoms with Gasteiger partial charge in [0, 0.05) is 5.56 Å². The number of hydrogen-bond acceptors (Lipinski definition) is 3. The van der Waals surface area contributed by atoms with Crippen molar-refractivity contribution in [1.29, 1.82) is 5.26 Å². The van der Waals surface area contributed by atoms with Gasteiger partial charge in [0.25, 0.3) is 0 Å². The number of nitrogens with zero attached hydrogens (tertiary/aromatic N) is 1. The maximum Gasteiger partial charge on any atom is 0.128 e. The molecule has 0 fully saturated rings. The minimum Gasteiger partial charge on any atom is -0.496 e. The van der Waals surface area contributed by atoms with Gasteiger partial charge in [-0.2, -0.15) is 5.26 Å². The second kappa shape index (κ2) is 4.93. The molecule has 0 spiro atoms. The molecule has 0 aliphatic heterocycles. The van der Waals surface area contributed by atoms with Gasteiger partial charge in [-0.25, -0.2) is 0 Å². The molecule has 20 heavy (non-hydrogen) atoms. The van der Waals surface area contributed by atoms with Crippen molar-refractivity contribution < 1.29 is 4.74 Å². The van der Waals surface area contributed by atoms with Crippen LogP contribution in [0.25, 0.3) is 11.3 Å². The number of aromatic amines is 1. The summed E-state index contributed by atoms with van der Waals surface area (Å²) in [6.45, 7) is 6.47. The van der Waals surface area contributed by atoms with E-state index in [9.17, 15) is 0 Å². The van der Waals surface area contributed by atoms with E-state index in [1.54, 1.807) is 13.2 Å². The smallest absolute Gasteiger partial charge is 0.128 e. The number of aromatic nitrogens is 1. The lowest BCUT2D eigenvalue weighted by molar-refractivity contribution is 0.415. The van der Waals surface area contributed by atoms with Crippen molar-refractivity contribution >= 4 is 5.82 Å². The van der Waals surface area contributed by atoms with Gasteiger partial charge in [0.05, 0.1) is 18.4 Å². The third-order valence-corrected chi connectivity index (χ3v) is 3.32. The Morgan fingerprint density at radius 1 is 1.25 bits per heavy atom. The van der Waals surface area contributed by atoms with E-state index in [-0.39, 0.29) is 5.41 Å². The van der Waals surface area contributed by atoms with Gasteiger partial charge < -0.3 is 15.5 Å². The maximum absolute atomic E-state index is 9.01. The van der Waals surface area contributed by atoms with Crippen LogP contribution in [-0.2, 0) is 5.41 Å². The predicted octanol–water partition coefficient (Wildman–Crippen LogP) is 3.44. The number of anilines is 1. The van der Waals surface area contributed by atoms with Crippen LogP contribution in [0, 0.1) is 11.3 Å². The topological polar surface area (TPSA) is 74.8 Å². The van der Waals surface area contributed by atoms with Crippen LogP contribution in [0.1, 0.15) is 31.9 Å². The third-order valence-electron chi connectivity index (χ3n) is 3.32. The zero-order chi connectivity index (χ0) is 14.9. The monoisotopic (exact) mass is 269 g/mol. The molecule has 0 atom stereocenters. The first-order chi connectivity index (χ1) is 9.36. The summed E-state index contributed by atoms with van der Waals surface area (Å²) >= 11 is 0. The maximum atomic E-state index is 9.01. The number of hydrogen-bond donors (Lipinski definition) is 2. The zero-order valence-corrected chi connectivity index (χ0v) is 12.2. The van der Waals surface area contributed by atoms with Gasteiger partial charge >= 0.3 is 0 Å². The minimum absolute atomic E-state index is 0.0389. The molecule has 4 heteroatoms. The fourth-order valence-electron chi connectivity index (χ4n) is 2.09. The van der Waals surface area contributed by atoms with Crippen molar-refractivity contribution in [2.45, 2.75) is 26.2 Å². The molecule has 0 saturated carbocycles. The lowest BCUT2D eigenvalue weighted by atomic mass is 9.85. The van der Waals surface area contributed by atoms with Crippen molar-refractivity contribution in [1.82, 2.24) is 4.98 Å². The quantitative estimate of drug-likeness (QED) is 0.876. The first-order valence-electron chi connectivity index (χ1n) is 6.44. The average molecular weight is 269 g/mol. The van der Waals surface area contributed by atoms with Crippen LogP contribution in [0.4, 0.5) is 5.82 Å². The summed E-state index contributed by atoms with van der Waals surface area (Å²) in [5.41, 5.74) is 9.17. The molecule has 0 saturated heterocycles. The molecule has 0 aliphatic rings. The Morgan fingerprint density at radius 3 is 2.45 bits per heavy atom. The van der Waals surface area contributed by atoms with Crippen molar-refractivity contribution in [3.63, 3.8) is 0 Å². The summed E-state index contributed by atoms with van der Waals surface area (Å²) in [4.78, 5) is 3.04. The number of benzene rings is 1. The molecule has 0 radical (unpaired) electrons. The zero-order valence-electron chi connectivity index (χ0n) is 12.2. The summed E-state index contributed by atoms with van der Waals surface area (Å²) in [5, 5.41) is 9.01. The predicted molar refractivity (Wildman–Crippen MR) is 80.6 cm³/mol. The Hall–Kier alpha value is -2.41. The van der Waals surface area contributed by atoms with Crippen LogP contribution in [0.3, 0.4) is 0 Å². The number of ether oxygens (including phenoxy) is 1. The molecule has 0 aliphatic carbocycles. The summed E-state index contributed by atoms with van der Waals surface area (Å²) in [6.07, 6.45) is 0. The molecule has 1 aromatic carbocycles. The van der Waals surface area contributed by atoms with Gasteiger partial charge in [-0.1, -0.05) is 26.8 Å². The number of nitrogens with two attached hydrogens (primary N) is 1. The van der Waals surface area contributed by atoms with Crippen molar-refractivity contribution in [3.05, 3.63) is 35.4 Å². The van der Waals surface area contributed by atoms with E-state index < -0.39 is 0 Å². The number of rotatable bonds is 2. The molecule has 1 aromatic heterocycles. The standard InChI is InChI=1S/C16H19N3O/c1-16(2,3)11-5-6-14(20-4)12(8-11)13-7-10(9-17)15(18)19-13/h5-8,19H,18H2,1-4H3. The van der Waals surface area contributed by atoms with Crippen molar-refractivity contribution in [2.75, 3.05) is 12.8 Å². The summed E-state index contributed by atoms with van der Waals surface area (Å²) in [5.74, 6) is 1.13. The Labute approximate surface area is 119 Å². The summed E-state index contributed by atoms with van der Waals surface area (Å²) < 4.78 is 5.41. The molecule has 3 N–H and O–H groups in total. The van der Waals surface area contributed by atoms with Crippen molar-refractivity contribution in [3.8, 4) is 23.1 Å². The third kappa shape index (κ3) is 2.48.